The second-order valence-corrected chi connectivity index (χ2v) is 4.27. The van der Waals surface area contributed by atoms with Crippen LogP contribution in [0.5, 0.6) is 0 Å². The van der Waals surface area contributed by atoms with Gasteiger partial charge >= 0.3 is 0 Å². The third-order valence-electron chi connectivity index (χ3n) is 2.72. The van der Waals surface area contributed by atoms with Crippen molar-refractivity contribution in [3.63, 3.8) is 0 Å². The summed E-state index contributed by atoms with van der Waals surface area (Å²) in [5, 5.41) is 2.94. The molecule has 3 nitrogen and oxygen atoms in total. The van der Waals surface area contributed by atoms with Gasteiger partial charge in [-0.2, -0.15) is 0 Å². The smallest absolute Gasteiger partial charge is 0.220 e. The van der Waals surface area contributed by atoms with Crippen molar-refractivity contribution in [3.8, 4) is 0 Å². The highest BCUT2D eigenvalue weighted by Gasteiger charge is 2.00. The first-order valence-corrected chi connectivity index (χ1v) is 6.48. The minimum atomic E-state index is 0.171. The van der Waals surface area contributed by atoms with Crippen LogP contribution < -0.4 is 5.32 Å². The highest BCUT2D eigenvalue weighted by atomic mass is 16.1. The van der Waals surface area contributed by atoms with E-state index >= 15 is 0 Å². The standard InChI is InChI=1S/C14H22N2O/c1-2-3-4-5-8-14(17)16-11-9-13-7-6-10-15-12-13/h6-7,10,12H,2-5,8-9,11H2,1H3,(H,16,17). The maximum absolute atomic E-state index is 11.5. The van der Waals surface area contributed by atoms with E-state index in [1.165, 1.54) is 18.4 Å². The molecule has 3 heteroatoms. The lowest BCUT2D eigenvalue weighted by Gasteiger charge is -2.04. The quantitative estimate of drug-likeness (QED) is 0.703. The van der Waals surface area contributed by atoms with Crippen LogP contribution in [-0.4, -0.2) is 17.4 Å². The van der Waals surface area contributed by atoms with Crippen molar-refractivity contribution in [1.29, 1.82) is 0 Å². The number of nitrogens with zero attached hydrogens (tertiary/aromatic N) is 1. The highest BCUT2D eigenvalue weighted by molar-refractivity contribution is 5.75. The Morgan fingerprint density at radius 3 is 2.94 bits per heavy atom. The molecule has 0 bridgehead atoms. The Morgan fingerprint density at radius 2 is 2.24 bits per heavy atom. The van der Waals surface area contributed by atoms with Gasteiger partial charge in [-0.25, -0.2) is 0 Å². The van der Waals surface area contributed by atoms with E-state index in [2.05, 4.69) is 17.2 Å². The maximum Gasteiger partial charge on any atom is 0.220 e. The van der Waals surface area contributed by atoms with Crippen molar-refractivity contribution in [2.75, 3.05) is 6.54 Å². The Labute approximate surface area is 104 Å². The summed E-state index contributed by atoms with van der Waals surface area (Å²) in [4.78, 5) is 15.5. The van der Waals surface area contributed by atoms with Crippen LogP contribution in [0.4, 0.5) is 0 Å². The molecule has 0 atom stereocenters. The molecular weight excluding hydrogens is 212 g/mol. The fourth-order valence-corrected chi connectivity index (χ4v) is 1.69. The van der Waals surface area contributed by atoms with Gasteiger partial charge < -0.3 is 5.32 Å². The third-order valence-corrected chi connectivity index (χ3v) is 2.72. The van der Waals surface area contributed by atoms with Gasteiger partial charge in [-0.15, -0.1) is 0 Å². The Kier molecular flexibility index (Phi) is 7.03. The lowest BCUT2D eigenvalue weighted by atomic mass is 10.1. The molecule has 0 radical (unpaired) electrons. The van der Waals surface area contributed by atoms with E-state index in [4.69, 9.17) is 0 Å². The fourth-order valence-electron chi connectivity index (χ4n) is 1.69. The van der Waals surface area contributed by atoms with E-state index in [9.17, 15) is 4.79 Å². The van der Waals surface area contributed by atoms with Crippen LogP contribution in [0.1, 0.15) is 44.6 Å². The summed E-state index contributed by atoms with van der Waals surface area (Å²) < 4.78 is 0. The van der Waals surface area contributed by atoms with E-state index < -0.39 is 0 Å². The molecule has 1 aromatic heterocycles. The van der Waals surface area contributed by atoms with Gasteiger partial charge in [-0.3, -0.25) is 9.78 Å². The Hall–Kier alpha value is -1.38. The summed E-state index contributed by atoms with van der Waals surface area (Å²) in [6.07, 6.45) is 9.72. The molecule has 1 aromatic rings. The monoisotopic (exact) mass is 234 g/mol. The zero-order valence-electron chi connectivity index (χ0n) is 10.6. The van der Waals surface area contributed by atoms with Crippen molar-refractivity contribution < 1.29 is 4.79 Å². The molecular formula is C14H22N2O. The predicted octanol–water partition coefficient (Wildman–Crippen LogP) is 2.71. The van der Waals surface area contributed by atoms with Crippen LogP contribution in [0, 0.1) is 0 Å². The molecule has 94 valence electrons. The number of pyridine rings is 1. The Morgan fingerprint density at radius 1 is 1.35 bits per heavy atom. The number of amides is 1. The SMILES string of the molecule is CCCCCCC(=O)NCCc1cccnc1. The molecule has 0 fully saturated rings. The predicted molar refractivity (Wildman–Crippen MR) is 69.7 cm³/mol. The van der Waals surface area contributed by atoms with Gasteiger partial charge in [0.05, 0.1) is 0 Å². The van der Waals surface area contributed by atoms with Crippen molar-refractivity contribution >= 4 is 5.91 Å². The molecule has 1 amide bonds. The average Bonchev–Trinajstić information content (AvgIpc) is 2.36. The second kappa shape index (κ2) is 8.74. The van der Waals surface area contributed by atoms with Gasteiger partial charge in [-0.05, 0) is 24.5 Å². The molecule has 0 saturated carbocycles. The summed E-state index contributed by atoms with van der Waals surface area (Å²) in [5.41, 5.74) is 1.17. The number of carbonyl (C=O) groups excluding carboxylic acids is 1. The van der Waals surface area contributed by atoms with Crippen LogP contribution in [0.25, 0.3) is 0 Å². The van der Waals surface area contributed by atoms with Crippen LogP contribution in [0.2, 0.25) is 0 Å². The third kappa shape index (κ3) is 6.72. The van der Waals surface area contributed by atoms with Gasteiger partial charge in [0.25, 0.3) is 0 Å². The van der Waals surface area contributed by atoms with Gasteiger partial charge in [0.1, 0.15) is 0 Å². The molecule has 0 aromatic carbocycles. The molecule has 0 saturated heterocycles. The number of hydrogen-bond acceptors (Lipinski definition) is 2. The van der Waals surface area contributed by atoms with Gasteiger partial charge in [0, 0.05) is 25.4 Å². The molecule has 0 aliphatic carbocycles. The Balaban J connectivity index is 2.04. The first-order chi connectivity index (χ1) is 8.33. The molecule has 17 heavy (non-hydrogen) atoms. The summed E-state index contributed by atoms with van der Waals surface area (Å²) >= 11 is 0. The zero-order chi connectivity index (χ0) is 12.3. The Bertz CT molecular complexity index is 311. The maximum atomic E-state index is 11.5. The summed E-state index contributed by atoms with van der Waals surface area (Å²) in [7, 11) is 0. The number of aromatic nitrogens is 1. The first kappa shape index (κ1) is 13.7. The number of rotatable bonds is 8. The van der Waals surface area contributed by atoms with Crippen molar-refractivity contribution in [2.24, 2.45) is 0 Å². The minimum Gasteiger partial charge on any atom is -0.356 e. The van der Waals surface area contributed by atoms with Crippen LogP contribution in [0.3, 0.4) is 0 Å². The van der Waals surface area contributed by atoms with Crippen molar-refractivity contribution in [2.45, 2.75) is 45.4 Å². The normalized spacial score (nSPS) is 10.2. The highest BCUT2D eigenvalue weighted by Crippen LogP contribution is 2.02. The second-order valence-electron chi connectivity index (χ2n) is 4.27. The fraction of sp³-hybridized carbons (Fsp3) is 0.571. The topological polar surface area (TPSA) is 42.0 Å². The minimum absolute atomic E-state index is 0.171. The van der Waals surface area contributed by atoms with E-state index in [1.807, 2.05) is 18.3 Å². The van der Waals surface area contributed by atoms with Crippen LogP contribution >= 0.6 is 0 Å². The number of carbonyl (C=O) groups is 1. The largest absolute Gasteiger partial charge is 0.356 e. The van der Waals surface area contributed by atoms with Crippen LogP contribution in [0.15, 0.2) is 24.5 Å². The van der Waals surface area contributed by atoms with E-state index in [1.54, 1.807) is 6.20 Å². The van der Waals surface area contributed by atoms with Gasteiger partial charge in [-0.1, -0.05) is 32.3 Å². The van der Waals surface area contributed by atoms with Crippen molar-refractivity contribution in [1.82, 2.24) is 10.3 Å². The number of unbranched alkanes of at least 4 members (excludes halogenated alkanes) is 3. The van der Waals surface area contributed by atoms with Gasteiger partial charge in [0.15, 0.2) is 0 Å². The van der Waals surface area contributed by atoms with Crippen LogP contribution in [-0.2, 0) is 11.2 Å². The summed E-state index contributed by atoms with van der Waals surface area (Å²) in [6.45, 7) is 2.88. The van der Waals surface area contributed by atoms with E-state index in [0.29, 0.717) is 13.0 Å². The lowest BCUT2D eigenvalue weighted by molar-refractivity contribution is -0.121. The summed E-state index contributed by atoms with van der Waals surface area (Å²) in [5.74, 6) is 0.171. The molecule has 0 spiro atoms. The van der Waals surface area contributed by atoms with E-state index in [-0.39, 0.29) is 5.91 Å². The molecule has 0 aliphatic heterocycles. The number of nitrogens with one attached hydrogen (secondary N) is 1. The van der Waals surface area contributed by atoms with Gasteiger partial charge in [0.2, 0.25) is 5.91 Å². The molecule has 1 rings (SSSR count). The molecule has 1 N–H and O–H groups in total. The first-order valence-electron chi connectivity index (χ1n) is 6.48. The van der Waals surface area contributed by atoms with E-state index in [0.717, 1.165) is 19.3 Å². The summed E-state index contributed by atoms with van der Waals surface area (Å²) in [6, 6.07) is 3.95. The number of hydrogen-bond donors (Lipinski definition) is 1. The molecule has 0 unspecified atom stereocenters. The average molecular weight is 234 g/mol. The van der Waals surface area contributed by atoms with Crippen molar-refractivity contribution in [3.05, 3.63) is 30.1 Å². The zero-order valence-corrected chi connectivity index (χ0v) is 10.6. The molecule has 1 heterocycles. The lowest BCUT2D eigenvalue weighted by Crippen LogP contribution is -2.25. The molecule has 0 aliphatic rings.